The number of amides is 2. The van der Waals surface area contributed by atoms with Gasteiger partial charge in [0.25, 0.3) is 0 Å². The quantitative estimate of drug-likeness (QED) is 0.309. The normalized spacial score (nSPS) is 11.8. The number of carbonyl (C=O) groups excluding carboxylic acids is 2. The van der Waals surface area contributed by atoms with Crippen LogP contribution in [0.4, 0.5) is 0 Å². The van der Waals surface area contributed by atoms with Gasteiger partial charge in [-0.25, -0.2) is 0 Å². The van der Waals surface area contributed by atoms with Gasteiger partial charge in [-0.1, -0.05) is 97.8 Å². The molecule has 0 spiro atoms. The molecule has 2 amide bonds. The number of aryl methyl sites for hydroxylation is 3. The summed E-state index contributed by atoms with van der Waals surface area (Å²) in [4.78, 5) is 29.1. The van der Waals surface area contributed by atoms with Crippen molar-refractivity contribution in [2.45, 2.75) is 59.4 Å². The van der Waals surface area contributed by atoms with Gasteiger partial charge >= 0.3 is 0 Å². The van der Waals surface area contributed by atoms with Crippen LogP contribution in [0.1, 0.15) is 47.2 Å². The first-order valence-electron chi connectivity index (χ1n) is 13.0. The molecule has 0 aliphatic heterocycles. The summed E-state index contributed by atoms with van der Waals surface area (Å²) in [5, 5.41) is 3.09. The summed E-state index contributed by atoms with van der Waals surface area (Å²) in [6, 6.07) is 24.0. The van der Waals surface area contributed by atoms with Crippen LogP contribution in [0.25, 0.3) is 0 Å². The Bertz CT molecular complexity index is 1160. The highest BCUT2D eigenvalue weighted by Gasteiger charge is 2.30. The molecule has 196 valence electrons. The molecule has 37 heavy (non-hydrogen) atoms. The molecule has 0 aliphatic rings. The summed E-state index contributed by atoms with van der Waals surface area (Å²) in [5.74, 6) is 1.30. The lowest BCUT2D eigenvalue weighted by Crippen LogP contribution is -2.51. The second-order valence-electron chi connectivity index (χ2n) is 10.3. The number of nitrogens with one attached hydrogen (secondary N) is 1. The largest absolute Gasteiger partial charge is 0.354 e. The van der Waals surface area contributed by atoms with E-state index in [1.54, 1.807) is 16.7 Å². The van der Waals surface area contributed by atoms with Crippen LogP contribution in [0.3, 0.4) is 0 Å². The average molecular weight is 517 g/mol. The van der Waals surface area contributed by atoms with Crippen molar-refractivity contribution in [2.24, 2.45) is 5.92 Å². The molecule has 0 saturated heterocycles. The minimum absolute atomic E-state index is 0.0155. The molecule has 1 N–H and O–H groups in total. The van der Waals surface area contributed by atoms with Crippen molar-refractivity contribution >= 4 is 23.6 Å². The van der Waals surface area contributed by atoms with E-state index in [2.05, 4.69) is 64.2 Å². The van der Waals surface area contributed by atoms with Gasteiger partial charge in [0.1, 0.15) is 6.04 Å². The third-order valence-electron chi connectivity index (χ3n) is 6.33. The molecule has 3 aromatic carbocycles. The predicted octanol–water partition coefficient (Wildman–Crippen LogP) is 6.26. The SMILES string of the molecule is Cc1cc(C)cc(CSCC(=O)N(Cc2ccccc2C)[C@@H](Cc2ccccc2)C(=O)NCC(C)C)c1. The number of nitrogens with zero attached hydrogens (tertiary/aromatic N) is 1. The molecule has 0 saturated carbocycles. The van der Waals surface area contributed by atoms with Gasteiger partial charge in [-0.05, 0) is 48.9 Å². The fourth-order valence-electron chi connectivity index (χ4n) is 4.44. The van der Waals surface area contributed by atoms with E-state index in [-0.39, 0.29) is 11.8 Å². The molecule has 4 nitrogen and oxygen atoms in total. The Balaban J connectivity index is 1.86. The predicted molar refractivity (Wildman–Crippen MR) is 156 cm³/mol. The van der Waals surface area contributed by atoms with Gasteiger partial charge in [-0.2, -0.15) is 0 Å². The van der Waals surface area contributed by atoms with E-state index in [0.29, 0.717) is 31.2 Å². The van der Waals surface area contributed by atoms with Gasteiger partial charge in [-0.15, -0.1) is 11.8 Å². The van der Waals surface area contributed by atoms with Crippen molar-refractivity contribution in [1.29, 1.82) is 0 Å². The number of hydrogen-bond acceptors (Lipinski definition) is 3. The minimum atomic E-state index is -0.588. The summed E-state index contributed by atoms with van der Waals surface area (Å²) in [5.41, 5.74) is 6.89. The molecule has 0 unspecified atom stereocenters. The maximum absolute atomic E-state index is 13.8. The minimum Gasteiger partial charge on any atom is -0.354 e. The Kier molecular flexibility index (Phi) is 10.8. The second-order valence-corrected chi connectivity index (χ2v) is 11.3. The van der Waals surface area contributed by atoms with Gasteiger partial charge in [0.2, 0.25) is 11.8 Å². The Hall–Kier alpha value is -3.05. The molecule has 0 aromatic heterocycles. The van der Waals surface area contributed by atoms with E-state index < -0.39 is 6.04 Å². The topological polar surface area (TPSA) is 49.4 Å². The molecular formula is C32H40N2O2S. The van der Waals surface area contributed by atoms with Crippen LogP contribution in [0.15, 0.2) is 72.8 Å². The molecular weight excluding hydrogens is 476 g/mol. The van der Waals surface area contributed by atoms with E-state index in [0.717, 1.165) is 22.4 Å². The summed E-state index contributed by atoms with van der Waals surface area (Å²) in [6.07, 6.45) is 0.476. The average Bonchev–Trinajstić information content (AvgIpc) is 2.85. The summed E-state index contributed by atoms with van der Waals surface area (Å²) in [7, 11) is 0. The van der Waals surface area contributed by atoms with Crippen LogP contribution < -0.4 is 5.32 Å². The zero-order chi connectivity index (χ0) is 26.8. The lowest BCUT2D eigenvalue weighted by molar-refractivity contribution is -0.139. The third kappa shape index (κ3) is 9.08. The Morgan fingerprint density at radius 3 is 2.16 bits per heavy atom. The zero-order valence-corrected chi connectivity index (χ0v) is 23.6. The van der Waals surface area contributed by atoms with Gasteiger partial charge in [-0.3, -0.25) is 9.59 Å². The Morgan fingerprint density at radius 1 is 0.865 bits per heavy atom. The van der Waals surface area contributed by atoms with E-state index in [1.807, 2.05) is 48.5 Å². The van der Waals surface area contributed by atoms with Crippen LogP contribution in [-0.2, 0) is 28.3 Å². The van der Waals surface area contributed by atoms with E-state index in [4.69, 9.17) is 0 Å². The molecule has 0 radical (unpaired) electrons. The Morgan fingerprint density at radius 2 is 1.51 bits per heavy atom. The fourth-order valence-corrected chi connectivity index (χ4v) is 5.28. The lowest BCUT2D eigenvalue weighted by Gasteiger charge is -2.32. The zero-order valence-electron chi connectivity index (χ0n) is 22.8. The first-order chi connectivity index (χ1) is 17.7. The summed E-state index contributed by atoms with van der Waals surface area (Å²) in [6.45, 7) is 11.4. The van der Waals surface area contributed by atoms with Crippen molar-refractivity contribution in [1.82, 2.24) is 10.2 Å². The van der Waals surface area contributed by atoms with Crippen molar-refractivity contribution in [2.75, 3.05) is 12.3 Å². The second kappa shape index (κ2) is 14.0. The maximum atomic E-state index is 13.8. The lowest BCUT2D eigenvalue weighted by atomic mass is 10.0. The number of benzene rings is 3. The summed E-state index contributed by atoms with van der Waals surface area (Å²) < 4.78 is 0. The number of rotatable bonds is 12. The van der Waals surface area contributed by atoms with E-state index >= 15 is 0 Å². The molecule has 0 heterocycles. The molecule has 5 heteroatoms. The van der Waals surface area contributed by atoms with Crippen LogP contribution in [0, 0.1) is 26.7 Å². The number of hydrogen-bond donors (Lipinski definition) is 1. The van der Waals surface area contributed by atoms with Crippen molar-refractivity contribution in [3.05, 3.63) is 106 Å². The van der Waals surface area contributed by atoms with Crippen molar-refractivity contribution in [3.63, 3.8) is 0 Å². The van der Waals surface area contributed by atoms with Crippen LogP contribution >= 0.6 is 11.8 Å². The van der Waals surface area contributed by atoms with Crippen LogP contribution in [-0.4, -0.2) is 35.1 Å². The number of carbonyl (C=O) groups is 2. The molecule has 3 aromatic rings. The van der Waals surface area contributed by atoms with Crippen molar-refractivity contribution < 1.29 is 9.59 Å². The molecule has 0 fully saturated rings. The maximum Gasteiger partial charge on any atom is 0.243 e. The molecule has 0 aliphatic carbocycles. The smallest absolute Gasteiger partial charge is 0.243 e. The first kappa shape index (κ1) is 28.5. The molecule has 1 atom stereocenters. The summed E-state index contributed by atoms with van der Waals surface area (Å²) >= 11 is 1.61. The molecule has 0 bridgehead atoms. The van der Waals surface area contributed by atoms with E-state index in [1.165, 1.54) is 16.7 Å². The van der Waals surface area contributed by atoms with Crippen molar-refractivity contribution in [3.8, 4) is 0 Å². The number of thioether (sulfide) groups is 1. The monoisotopic (exact) mass is 516 g/mol. The first-order valence-corrected chi connectivity index (χ1v) is 14.2. The highest BCUT2D eigenvalue weighted by Crippen LogP contribution is 2.21. The van der Waals surface area contributed by atoms with E-state index in [9.17, 15) is 9.59 Å². The van der Waals surface area contributed by atoms with Crippen LogP contribution in [0.2, 0.25) is 0 Å². The highest BCUT2D eigenvalue weighted by atomic mass is 32.2. The highest BCUT2D eigenvalue weighted by molar-refractivity contribution is 7.99. The van der Waals surface area contributed by atoms with Gasteiger partial charge in [0.05, 0.1) is 5.75 Å². The molecule has 3 rings (SSSR count). The van der Waals surface area contributed by atoms with Crippen LogP contribution in [0.5, 0.6) is 0 Å². The van der Waals surface area contributed by atoms with Gasteiger partial charge in [0.15, 0.2) is 0 Å². The standard InChI is InChI=1S/C32H40N2O2S/c1-23(2)19-33-32(36)30(18-27-12-7-6-8-13-27)34(20-29-14-10-9-11-26(29)5)31(35)22-37-21-28-16-24(3)15-25(4)17-28/h6-17,23,30H,18-22H2,1-5H3,(H,33,36)/t30-/m0/s1. The third-order valence-corrected chi connectivity index (χ3v) is 7.32. The van der Waals surface area contributed by atoms with Gasteiger partial charge in [0, 0.05) is 25.3 Å². The Labute approximate surface area is 226 Å². The fraction of sp³-hybridized carbons (Fsp3) is 0.375. The van der Waals surface area contributed by atoms with Gasteiger partial charge < -0.3 is 10.2 Å².